The molecule has 0 aliphatic carbocycles. The summed E-state index contributed by atoms with van der Waals surface area (Å²) in [7, 11) is -4.01. The average Bonchev–Trinajstić information content (AvgIpc) is 3.08. The molecule has 25 heavy (non-hydrogen) atoms. The van der Waals surface area contributed by atoms with Gasteiger partial charge in [0.1, 0.15) is 10.7 Å². The lowest BCUT2D eigenvalue weighted by Gasteiger charge is -2.16. The van der Waals surface area contributed by atoms with E-state index in [1.165, 1.54) is 6.07 Å². The van der Waals surface area contributed by atoms with Crippen molar-refractivity contribution >= 4 is 21.6 Å². The van der Waals surface area contributed by atoms with Crippen LogP contribution in [0, 0.1) is 5.82 Å². The smallest absolute Gasteiger partial charge is 0.244 e. The Morgan fingerprint density at radius 1 is 1.20 bits per heavy atom. The molecule has 0 aliphatic rings. The Morgan fingerprint density at radius 2 is 1.92 bits per heavy atom. The molecular formula is C17H15ClFN3O2S. The predicted molar refractivity (Wildman–Crippen MR) is 93.7 cm³/mol. The molecule has 0 saturated carbocycles. The molecule has 1 N–H and O–H groups in total. The second kappa shape index (κ2) is 6.95. The molecule has 1 aromatic heterocycles. The lowest BCUT2D eigenvalue weighted by Crippen LogP contribution is -2.27. The van der Waals surface area contributed by atoms with Gasteiger partial charge in [-0.05, 0) is 42.8 Å². The summed E-state index contributed by atoms with van der Waals surface area (Å²) in [5, 5.41) is 0.139. The van der Waals surface area contributed by atoms with Crippen LogP contribution in [-0.4, -0.2) is 18.0 Å². The Kier molecular flexibility index (Phi) is 4.89. The molecule has 1 heterocycles. The third-order valence-corrected chi connectivity index (χ3v) is 5.52. The van der Waals surface area contributed by atoms with Crippen LogP contribution in [0.1, 0.15) is 18.5 Å². The Hall–Kier alpha value is -2.22. The van der Waals surface area contributed by atoms with Gasteiger partial charge in [0.2, 0.25) is 10.0 Å². The fourth-order valence-corrected chi connectivity index (χ4v) is 3.85. The number of sulfonamides is 1. The van der Waals surface area contributed by atoms with Crippen LogP contribution in [0.2, 0.25) is 5.02 Å². The van der Waals surface area contributed by atoms with Crippen molar-refractivity contribution in [2.75, 3.05) is 0 Å². The van der Waals surface area contributed by atoms with Gasteiger partial charge in [0, 0.05) is 29.1 Å². The van der Waals surface area contributed by atoms with Crippen molar-refractivity contribution in [2.24, 2.45) is 0 Å². The standard InChI is InChI=1S/C17H15ClFN3O2S/c1-12(13-2-5-15(6-3-13)22-9-8-20-11-22)21-25(23,24)17-7-4-14(18)10-16(17)19/h2-12,21H,1H3. The molecular weight excluding hydrogens is 365 g/mol. The summed E-state index contributed by atoms with van der Waals surface area (Å²) in [4.78, 5) is 3.55. The minimum atomic E-state index is -4.01. The zero-order valence-corrected chi connectivity index (χ0v) is 14.8. The number of hydrogen-bond acceptors (Lipinski definition) is 3. The molecule has 0 amide bonds. The molecule has 130 valence electrons. The first-order valence-corrected chi connectivity index (χ1v) is 9.28. The number of nitrogens with one attached hydrogen (secondary N) is 1. The van der Waals surface area contributed by atoms with E-state index in [1.54, 1.807) is 31.6 Å². The lowest BCUT2D eigenvalue weighted by atomic mass is 10.1. The van der Waals surface area contributed by atoms with Crippen molar-refractivity contribution in [1.29, 1.82) is 0 Å². The molecule has 0 aliphatic heterocycles. The van der Waals surface area contributed by atoms with E-state index in [-0.39, 0.29) is 5.02 Å². The van der Waals surface area contributed by atoms with Crippen molar-refractivity contribution in [1.82, 2.24) is 14.3 Å². The van der Waals surface area contributed by atoms with Gasteiger partial charge >= 0.3 is 0 Å². The maximum Gasteiger partial charge on any atom is 0.244 e. The zero-order valence-electron chi connectivity index (χ0n) is 13.2. The molecule has 1 unspecified atom stereocenters. The normalized spacial score (nSPS) is 12.9. The average molecular weight is 380 g/mol. The first-order chi connectivity index (χ1) is 11.9. The predicted octanol–water partition coefficient (Wildman–Crippen LogP) is 3.70. The second-order valence-electron chi connectivity index (χ2n) is 5.48. The molecule has 0 bridgehead atoms. The summed E-state index contributed by atoms with van der Waals surface area (Å²) in [5.41, 5.74) is 1.65. The highest BCUT2D eigenvalue weighted by molar-refractivity contribution is 7.89. The first kappa shape index (κ1) is 17.6. The highest BCUT2D eigenvalue weighted by atomic mass is 35.5. The van der Waals surface area contributed by atoms with Crippen molar-refractivity contribution in [2.45, 2.75) is 17.9 Å². The molecule has 3 aromatic rings. The van der Waals surface area contributed by atoms with E-state index in [1.807, 2.05) is 22.9 Å². The van der Waals surface area contributed by atoms with E-state index in [4.69, 9.17) is 11.6 Å². The molecule has 0 fully saturated rings. The molecule has 8 heteroatoms. The summed E-state index contributed by atoms with van der Waals surface area (Å²) in [6, 6.07) is 10.2. The molecule has 0 saturated heterocycles. The van der Waals surface area contributed by atoms with E-state index < -0.39 is 26.8 Å². The number of aromatic nitrogens is 2. The topological polar surface area (TPSA) is 64.0 Å². The first-order valence-electron chi connectivity index (χ1n) is 7.42. The lowest BCUT2D eigenvalue weighted by molar-refractivity contribution is 0.547. The van der Waals surface area contributed by atoms with Gasteiger partial charge in [0.25, 0.3) is 0 Å². The zero-order chi connectivity index (χ0) is 18.0. The van der Waals surface area contributed by atoms with E-state index in [0.717, 1.165) is 23.4 Å². The summed E-state index contributed by atoms with van der Waals surface area (Å²) < 4.78 is 43.0. The fourth-order valence-electron chi connectivity index (χ4n) is 2.40. The second-order valence-corrected chi connectivity index (χ2v) is 7.60. The van der Waals surface area contributed by atoms with Gasteiger partial charge in [-0.15, -0.1) is 0 Å². The fraction of sp³-hybridized carbons (Fsp3) is 0.118. The number of benzene rings is 2. The van der Waals surface area contributed by atoms with E-state index in [9.17, 15) is 12.8 Å². The number of hydrogen-bond donors (Lipinski definition) is 1. The Balaban J connectivity index is 1.80. The van der Waals surface area contributed by atoms with Crippen molar-refractivity contribution in [3.8, 4) is 5.69 Å². The molecule has 5 nitrogen and oxygen atoms in total. The number of halogens is 2. The number of rotatable bonds is 5. The summed E-state index contributed by atoms with van der Waals surface area (Å²) >= 11 is 5.66. The van der Waals surface area contributed by atoms with Gasteiger partial charge in [-0.25, -0.2) is 22.5 Å². The third-order valence-electron chi connectivity index (χ3n) is 3.71. The number of imidazole rings is 1. The van der Waals surface area contributed by atoms with Crippen molar-refractivity contribution in [3.05, 3.63) is 77.6 Å². The summed E-state index contributed by atoms with van der Waals surface area (Å²) in [6.45, 7) is 1.69. The monoisotopic (exact) mass is 379 g/mol. The van der Waals surface area contributed by atoms with E-state index >= 15 is 0 Å². The van der Waals surface area contributed by atoms with Gasteiger partial charge < -0.3 is 4.57 Å². The maximum absolute atomic E-state index is 13.9. The quantitative estimate of drug-likeness (QED) is 0.735. The van der Waals surface area contributed by atoms with Crippen molar-refractivity contribution < 1.29 is 12.8 Å². The molecule has 2 aromatic carbocycles. The van der Waals surface area contributed by atoms with Gasteiger partial charge in [-0.3, -0.25) is 0 Å². The van der Waals surface area contributed by atoms with Gasteiger partial charge in [0.05, 0.1) is 6.33 Å². The maximum atomic E-state index is 13.9. The Bertz CT molecular complexity index is 974. The highest BCUT2D eigenvalue weighted by Crippen LogP contribution is 2.22. The molecule has 0 radical (unpaired) electrons. The molecule has 3 rings (SSSR count). The van der Waals surface area contributed by atoms with Crippen LogP contribution in [0.15, 0.2) is 66.1 Å². The number of nitrogens with zero attached hydrogens (tertiary/aromatic N) is 2. The van der Waals surface area contributed by atoms with Crippen LogP contribution in [0.4, 0.5) is 4.39 Å². The largest absolute Gasteiger partial charge is 0.306 e. The molecule has 1 atom stereocenters. The van der Waals surface area contributed by atoms with Crippen molar-refractivity contribution in [3.63, 3.8) is 0 Å². The van der Waals surface area contributed by atoms with Crippen LogP contribution >= 0.6 is 11.6 Å². The van der Waals surface area contributed by atoms with Gasteiger partial charge in [0.15, 0.2) is 0 Å². The van der Waals surface area contributed by atoms with Crippen LogP contribution in [0.5, 0.6) is 0 Å². The minimum absolute atomic E-state index is 0.139. The van der Waals surface area contributed by atoms with Crippen LogP contribution < -0.4 is 4.72 Å². The van der Waals surface area contributed by atoms with Gasteiger partial charge in [-0.2, -0.15) is 0 Å². The van der Waals surface area contributed by atoms with E-state index in [0.29, 0.717) is 0 Å². The summed E-state index contributed by atoms with van der Waals surface area (Å²) in [6.07, 6.45) is 5.15. The van der Waals surface area contributed by atoms with Gasteiger partial charge in [-0.1, -0.05) is 23.7 Å². The third kappa shape index (κ3) is 3.89. The SMILES string of the molecule is CC(NS(=O)(=O)c1ccc(Cl)cc1F)c1ccc(-n2ccnc2)cc1. The van der Waals surface area contributed by atoms with Crippen LogP contribution in [0.25, 0.3) is 5.69 Å². The Morgan fingerprint density at radius 3 is 2.52 bits per heavy atom. The highest BCUT2D eigenvalue weighted by Gasteiger charge is 2.22. The van der Waals surface area contributed by atoms with Crippen LogP contribution in [0.3, 0.4) is 0 Å². The van der Waals surface area contributed by atoms with E-state index in [2.05, 4.69) is 9.71 Å². The Labute approximate surface area is 150 Å². The van der Waals surface area contributed by atoms with Crippen LogP contribution in [-0.2, 0) is 10.0 Å². The molecule has 0 spiro atoms. The minimum Gasteiger partial charge on any atom is -0.306 e. The summed E-state index contributed by atoms with van der Waals surface area (Å²) in [5.74, 6) is -0.886.